The van der Waals surface area contributed by atoms with Crippen molar-refractivity contribution in [3.8, 4) is 0 Å². The molecule has 0 aliphatic carbocycles. The summed E-state index contributed by atoms with van der Waals surface area (Å²) in [6.07, 6.45) is 1.59. The van der Waals surface area contributed by atoms with E-state index in [2.05, 4.69) is 30.5 Å². The molecule has 1 amide bonds. The Kier molecular flexibility index (Phi) is 9.15. The largest absolute Gasteiger partial charge is 0.478 e. The van der Waals surface area contributed by atoms with Crippen LogP contribution in [0.3, 0.4) is 0 Å². The fourth-order valence-corrected chi connectivity index (χ4v) is 6.24. The number of anilines is 1. The number of aromatic amines is 1. The van der Waals surface area contributed by atoms with Gasteiger partial charge < -0.3 is 25.6 Å². The van der Waals surface area contributed by atoms with Crippen molar-refractivity contribution in [1.82, 2.24) is 20.0 Å². The van der Waals surface area contributed by atoms with Gasteiger partial charge in [0.2, 0.25) is 21.6 Å². The maximum Gasteiger partial charge on any atom is 0.345 e. The number of rotatable bonds is 13. The zero-order valence-electron chi connectivity index (χ0n) is 22.4. The zero-order chi connectivity index (χ0) is 28.1. The highest BCUT2D eigenvalue weighted by Crippen LogP contribution is 2.25. The standard InChI is InChI=1S/C25H36N6O6S/c1-15-13-16(2)21(17(3)14-15)38(35,36)31-25(23(33)34,29-22(32)20-9-12-37-30-20)10-7-6-8-11-26-24-27-18(4)19(5)28-24/h13-14,31H,6-12H2,1-5H3,(H,29,32)(H,33,34)(H2,26,27,28). The summed E-state index contributed by atoms with van der Waals surface area (Å²) in [5.41, 5.74) is 1.42. The van der Waals surface area contributed by atoms with Crippen molar-refractivity contribution in [2.45, 2.75) is 77.3 Å². The second-order valence-electron chi connectivity index (χ2n) is 9.65. The Hall–Kier alpha value is -3.45. The molecule has 1 atom stereocenters. The average Bonchev–Trinajstić information content (AvgIpc) is 3.45. The van der Waals surface area contributed by atoms with Crippen LogP contribution in [0.4, 0.5) is 5.95 Å². The van der Waals surface area contributed by atoms with E-state index in [1.165, 1.54) is 0 Å². The van der Waals surface area contributed by atoms with Crippen LogP contribution in [0.25, 0.3) is 0 Å². The van der Waals surface area contributed by atoms with Gasteiger partial charge in [-0.1, -0.05) is 29.3 Å². The van der Waals surface area contributed by atoms with Crippen LogP contribution in [-0.2, 0) is 24.4 Å². The van der Waals surface area contributed by atoms with Crippen molar-refractivity contribution in [2.24, 2.45) is 5.16 Å². The molecule has 1 aliphatic rings. The van der Waals surface area contributed by atoms with E-state index < -0.39 is 27.6 Å². The molecule has 0 bridgehead atoms. The van der Waals surface area contributed by atoms with E-state index in [-0.39, 0.29) is 30.1 Å². The minimum atomic E-state index is -4.34. The van der Waals surface area contributed by atoms with E-state index >= 15 is 0 Å². The summed E-state index contributed by atoms with van der Waals surface area (Å²) in [5, 5.41) is 19.5. The number of aryl methyl sites for hydroxylation is 5. The number of amides is 1. The van der Waals surface area contributed by atoms with Crippen molar-refractivity contribution < 1.29 is 28.0 Å². The summed E-state index contributed by atoms with van der Waals surface area (Å²) < 4.78 is 29.4. The number of H-pyrrole nitrogens is 1. The average molecular weight is 549 g/mol. The molecule has 5 N–H and O–H groups in total. The van der Waals surface area contributed by atoms with Crippen molar-refractivity contribution in [3.63, 3.8) is 0 Å². The normalized spacial score (nSPS) is 14.9. The number of carboxylic acids is 1. The molecule has 0 fully saturated rings. The molecule has 0 spiro atoms. The monoisotopic (exact) mass is 548 g/mol. The molecule has 0 saturated carbocycles. The molecular weight excluding hydrogens is 512 g/mol. The lowest BCUT2D eigenvalue weighted by atomic mass is 10.0. The van der Waals surface area contributed by atoms with Crippen LogP contribution in [0.5, 0.6) is 0 Å². The van der Waals surface area contributed by atoms with E-state index in [1.54, 1.807) is 26.0 Å². The van der Waals surface area contributed by atoms with Gasteiger partial charge in [-0.15, -0.1) is 0 Å². The van der Waals surface area contributed by atoms with Crippen molar-refractivity contribution in [3.05, 3.63) is 40.2 Å². The predicted molar refractivity (Wildman–Crippen MR) is 143 cm³/mol. The van der Waals surface area contributed by atoms with Crippen LogP contribution < -0.4 is 15.4 Å². The molecule has 1 aliphatic heterocycles. The van der Waals surface area contributed by atoms with Gasteiger partial charge in [-0.25, -0.2) is 18.2 Å². The first kappa shape index (κ1) is 29.1. The molecular formula is C25H36N6O6S. The maximum absolute atomic E-state index is 13.5. The lowest BCUT2D eigenvalue weighted by molar-refractivity contribution is -0.148. The van der Waals surface area contributed by atoms with Gasteiger partial charge in [-0.05, 0) is 65.0 Å². The van der Waals surface area contributed by atoms with Gasteiger partial charge in [0, 0.05) is 18.7 Å². The van der Waals surface area contributed by atoms with Gasteiger partial charge in [0.1, 0.15) is 12.3 Å². The lowest BCUT2D eigenvalue weighted by Crippen LogP contribution is -2.66. The minimum Gasteiger partial charge on any atom is -0.478 e. The molecule has 1 aromatic carbocycles. The quantitative estimate of drug-likeness (QED) is 0.187. The number of unbranched alkanes of at least 4 members (excludes halogenated alkanes) is 2. The first-order valence-electron chi connectivity index (χ1n) is 12.5. The van der Waals surface area contributed by atoms with E-state index in [4.69, 9.17) is 4.84 Å². The van der Waals surface area contributed by atoms with Crippen molar-refractivity contribution >= 4 is 33.6 Å². The Morgan fingerprint density at radius 2 is 1.79 bits per heavy atom. The third-order valence-electron chi connectivity index (χ3n) is 6.39. The van der Waals surface area contributed by atoms with Crippen molar-refractivity contribution in [2.75, 3.05) is 18.5 Å². The van der Waals surface area contributed by atoms with Gasteiger partial charge in [0.15, 0.2) is 0 Å². The number of sulfonamides is 1. The van der Waals surface area contributed by atoms with Gasteiger partial charge in [-0.2, -0.15) is 4.72 Å². The molecule has 0 saturated heterocycles. The molecule has 1 unspecified atom stereocenters. The summed E-state index contributed by atoms with van der Waals surface area (Å²) in [4.78, 5) is 37.8. The summed E-state index contributed by atoms with van der Waals surface area (Å²) in [6, 6.07) is 3.42. The predicted octanol–water partition coefficient (Wildman–Crippen LogP) is 2.58. The fourth-order valence-electron chi connectivity index (χ4n) is 4.48. The number of hydrogen-bond acceptors (Lipinski definition) is 8. The zero-order valence-corrected chi connectivity index (χ0v) is 23.2. The van der Waals surface area contributed by atoms with Crippen LogP contribution >= 0.6 is 0 Å². The molecule has 12 nitrogen and oxygen atoms in total. The van der Waals surface area contributed by atoms with E-state index in [9.17, 15) is 23.1 Å². The van der Waals surface area contributed by atoms with Gasteiger partial charge in [0.05, 0.1) is 10.6 Å². The number of nitrogens with zero attached hydrogens (tertiary/aromatic N) is 2. The molecule has 13 heteroatoms. The summed E-state index contributed by atoms with van der Waals surface area (Å²) in [6.45, 7) is 9.75. The molecule has 1 aromatic heterocycles. The van der Waals surface area contributed by atoms with E-state index in [0.717, 1.165) is 17.0 Å². The Morgan fingerprint density at radius 1 is 1.11 bits per heavy atom. The number of benzene rings is 1. The maximum atomic E-state index is 13.5. The highest BCUT2D eigenvalue weighted by molar-refractivity contribution is 7.89. The van der Waals surface area contributed by atoms with Crippen molar-refractivity contribution in [1.29, 1.82) is 0 Å². The Morgan fingerprint density at radius 3 is 2.34 bits per heavy atom. The molecule has 208 valence electrons. The van der Waals surface area contributed by atoms with Crippen LogP contribution in [0, 0.1) is 34.6 Å². The highest BCUT2D eigenvalue weighted by Gasteiger charge is 2.45. The summed E-state index contributed by atoms with van der Waals surface area (Å²) in [5.74, 6) is -1.66. The molecule has 0 radical (unpaired) electrons. The highest BCUT2D eigenvalue weighted by atomic mass is 32.2. The molecule has 2 aromatic rings. The van der Waals surface area contributed by atoms with Gasteiger partial charge in [0.25, 0.3) is 5.91 Å². The smallest absolute Gasteiger partial charge is 0.345 e. The lowest BCUT2D eigenvalue weighted by Gasteiger charge is -2.31. The number of imidazole rings is 1. The Balaban J connectivity index is 1.78. The summed E-state index contributed by atoms with van der Waals surface area (Å²) >= 11 is 0. The number of carbonyl (C=O) groups excluding carboxylic acids is 1. The molecule has 38 heavy (non-hydrogen) atoms. The Bertz CT molecular complexity index is 1290. The topological polar surface area (TPSA) is 175 Å². The number of aliphatic carboxylic acids is 1. The second-order valence-corrected chi connectivity index (χ2v) is 11.3. The third kappa shape index (κ3) is 6.90. The summed E-state index contributed by atoms with van der Waals surface area (Å²) in [7, 11) is -4.34. The SMILES string of the molecule is Cc1cc(C)c(S(=O)(=O)NC(CCCCCNc2nc(C)c(C)[nH]2)(NC(=O)C2=NOCC2)C(=O)O)c(C)c1. The first-order valence-corrected chi connectivity index (χ1v) is 14.0. The van der Waals surface area contributed by atoms with Crippen LogP contribution in [0.15, 0.2) is 22.2 Å². The first-order chi connectivity index (χ1) is 17.8. The van der Waals surface area contributed by atoms with E-state index in [1.807, 2.05) is 20.8 Å². The van der Waals surface area contributed by atoms with Crippen LogP contribution in [0.1, 0.15) is 60.2 Å². The van der Waals surface area contributed by atoms with Gasteiger partial charge >= 0.3 is 5.97 Å². The van der Waals surface area contributed by atoms with Crippen LogP contribution in [-0.4, -0.2) is 59.9 Å². The molecule has 3 rings (SSSR count). The fraction of sp³-hybridized carbons (Fsp3) is 0.520. The third-order valence-corrected chi connectivity index (χ3v) is 8.19. The number of hydrogen-bond donors (Lipinski definition) is 5. The number of nitrogens with one attached hydrogen (secondary N) is 4. The number of aromatic nitrogens is 2. The van der Waals surface area contributed by atoms with Gasteiger partial charge in [-0.3, -0.25) is 4.79 Å². The number of carboxylic acid groups (broad SMARTS) is 1. The Labute approximate surface area is 222 Å². The van der Waals surface area contributed by atoms with Crippen LogP contribution in [0.2, 0.25) is 0 Å². The molecule has 2 heterocycles. The number of carbonyl (C=O) groups is 2. The minimum absolute atomic E-state index is 0.00533. The van der Waals surface area contributed by atoms with E-state index in [0.29, 0.717) is 42.9 Å². The number of oxime groups is 1. The second kappa shape index (κ2) is 11.9.